The molecule has 144 valence electrons. The highest BCUT2D eigenvalue weighted by molar-refractivity contribution is 5.90. The van der Waals surface area contributed by atoms with Crippen LogP contribution in [0.4, 0.5) is 0 Å². The van der Waals surface area contributed by atoms with Crippen LogP contribution >= 0.6 is 0 Å². The fourth-order valence-corrected chi connectivity index (χ4v) is 4.23. The lowest BCUT2D eigenvalue weighted by Crippen LogP contribution is -2.40. The van der Waals surface area contributed by atoms with Gasteiger partial charge < -0.3 is 9.88 Å². The minimum Gasteiger partial charge on any atom is -0.361 e. The largest absolute Gasteiger partial charge is 0.361 e. The maximum absolute atomic E-state index is 12.4. The number of H-pyrrole nitrogens is 1. The van der Waals surface area contributed by atoms with Crippen LogP contribution in [-0.4, -0.2) is 37.1 Å². The summed E-state index contributed by atoms with van der Waals surface area (Å²) in [4.78, 5) is 21.7. The molecule has 1 unspecified atom stereocenters. The van der Waals surface area contributed by atoms with Gasteiger partial charge in [-0.1, -0.05) is 18.7 Å². The van der Waals surface area contributed by atoms with Crippen LogP contribution < -0.4 is 0 Å². The van der Waals surface area contributed by atoms with Crippen LogP contribution in [0.15, 0.2) is 67.6 Å². The monoisotopic (exact) mass is 383 g/mol. The molecule has 0 saturated heterocycles. The van der Waals surface area contributed by atoms with Gasteiger partial charge in [-0.3, -0.25) is 14.5 Å². The first kappa shape index (κ1) is 17.4. The second-order valence-electron chi connectivity index (χ2n) is 7.26. The van der Waals surface area contributed by atoms with Gasteiger partial charge in [0.15, 0.2) is 0 Å². The Hall–Kier alpha value is -3.67. The van der Waals surface area contributed by atoms with Crippen molar-refractivity contribution in [1.82, 2.24) is 24.6 Å². The van der Waals surface area contributed by atoms with Crippen LogP contribution in [0, 0.1) is 0 Å². The Kier molecular flexibility index (Phi) is 4.05. The third kappa shape index (κ3) is 2.76. The summed E-state index contributed by atoms with van der Waals surface area (Å²) < 4.78 is 2.04. The molecule has 4 aromatic rings. The number of aromatic amines is 1. The first-order valence-corrected chi connectivity index (χ1v) is 9.69. The highest BCUT2D eigenvalue weighted by Gasteiger charge is 2.32. The van der Waals surface area contributed by atoms with Crippen LogP contribution in [0.1, 0.15) is 18.7 Å². The van der Waals surface area contributed by atoms with E-state index in [9.17, 15) is 4.79 Å². The summed E-state index contributed by atoms with van der Waals surface area (Å²) in [6, 6.07) is 12.3. The lowest BCUT2D eigenvalue weighted by molar-refractivity contribution is -0.129. The van der Waals surface area contributed by atoms with Gasteiger partial charge in [0.25, 0.3) is 0 Å². The normalized spacial score (nSPS) is 16.0. The number of rotatable bonds is 3. The number of hydrogen-bond donors (Lipinski definition) is 1. The van der Waals surface area contributed by atoms with Crippen LogP contribution in [0.25, 0.3) is 33.3 Å². The Morgan fingerprint density at radius 1 is 1.17 bits per heavy atom. The van der Waals surface area contributed by atoms with Gasteiger partial charge in [-0.2, -0.15) is 5.10 Å². The fourth-order valence-electron chi connectivity index (χ4n) is 4.23. The molecule has 0 spiro atoms. The zero-order valence-corrected chi connectivity index (χ0v) is 16.2. The Bertz CT molecular complexity index is 1220. The lowest BCUT2D eigenvalue weighted by atomic mass is 9.95. The van der Waals surface area contributed by atoms with E-state index in [1.165, 1.54) is 11.5 Å². The molecular weight excluding hydrogens is 362 g/mol. The molecule has 1 atom stereocenters. The van der Waals surface area contributed by atoms with Gasteiger partial charge in [0.1, 0.15) is 5.69 Å². The van der Waals surface area contributed by atoms with E-state index in [4.69, 9.17) is 5.10 Å². The third-order valence-corrected chi connectivity index (χ3v) is 5.66. The first-order chi connectivity index (χ1) is 14.2. The molecule has 1 amide bonds. The maximum atomic E-state index is 12.4. The van der Waals surface area contributed by atoms with E-state index in [2.05, 4.69) is 47.7 Å². The SMILES string of the molecule is C=CC(=O)N1CCn2nc(-c3ccc4cc[nH]c4c3)c(-c3ccncc3)c2C1C. The Labute approximate surface area is 168 Å². The zero-order chi connectivity index (χ0) is 20.0. The molecule has 1 N–H and O–H groups in total. The predicted molar refractivity (Wildman–Crippen MR) is 113 cm³/mol. The third-order valence-electron chi connectivity index (χ3n) is 5.66. The van der Waals surface area contributed by atoms with Gasteiger partial charge in [-0.25, -0.2) is 0 Å². The molecule has 1 aliphatic rings. The molecule has 3 aromatic heterocycles. The van der Waals surface area contributed by atoms with Crippen LogP contribution in [0.3, 0.4) is 0 Å². The molecule has 0 bridgehead atoms. The summed E-state index contributed by atoms with van der Waals surface area (Å²) >= 11 is 0. The first-order valence-electron chi connectivity index (χ1n) is 9.69. The Morgan fingerprint density at radius 2 is 2.00 bits per heavy atom. The number of amides is 1. The van der Waals surface area contributed by atoms with Crippen LogP contribution in [0.5, 0.6) is 0 Å². The summed E-state index contributed by atoms with van der Waals surface area (Å²) in [5.41, 5.74) is 6.17. The number of carbonyl (C=O) groups excluding carboxylic acids is 1. The number of hydrogen-bond acceptors (Lipinski definition) is 3. The number of benzene rings is 1. The number of aromatic nitrogens is 4. The van der Waals surface area contributed by atoms with Crippen molar-refractivity contribution < 1.29 is 4.79 Å². The Balaban J connectivity index is 1.74. The van der Waals surface area contributed by atoms with Gasteiger partial charge in [0.05, 0.1) is 18.3 Å². The summed E-state index contributed by atoms with van der Waals surface area (Å²) in [6.45, 7) is 6.98. The molecule has 29 heavy (non-hydrogen) atoms. The van der Waals surface area contributed by atoms with E-state index in [1.807, 2.05) is 27.9 Å². The number of carbonyl (C=O) groups is 1. The van der Waals surface area contributed by atoms with Crippen molar-refractivity contribution in [3.8, 4) is 22.4 Å². The topological polar surface area (TPSA) is 66.8 Å². The molecule has 0 radical (unpaired) electrons. The lowest BCUT2D eigenvalue weighted by Gasteiger charge is -2.34. The highest BCUT2D eigenvalue weighted by atomic mass is 16.2. The summed E-state index contributed by atoms with van der Waals surface area (Å²) in [5, 5.41) is 6.14. The van der Waals surface area contributed by atoms with E-state index >= 15 is 0 Å². The summed E-state index contributed by atoms with van der Waals surface area (Å²) in [5.74, 6) is -0.0556. The van der Waals surface area contributed by atoms with E-state index < -0.39 is 0 Å². The fraction of sp³-hybridized carbons (Fsp3) is 0.174. The maximum Gasteiger partial charge on any atom is 0.246 e. The predicted octanol–water partition coefficient (Wildman–Crippen LogP) is 4.18. The van der Waals surface area contributed by atoms with Gasteiger partial charge >= 0.3 is 0 Å². The molecule has 0 fully saturated rings. The molecule has 0 saturated carbocycles. The van der Waals surface area contributed by atoms with Gasteiger partial charge in [-0.15, -0.1) is 0 Å². The highest BCUT2D eigenvalue weighted by Crippen LogP contribution is 2.41. The van der Waals surface area contributed by atoms with Crippen molar-refractivity contribution in [2.45, 2.75) is 19.5 Å². The second-order valence-corrected chi connectivity index (χ2v) is 7.26. The van der Waals surface area contributed by atoms with E-state index in [-0.39, 0.29) is 11.9 Å². The van der Waals surface area contributed by atoms with Crippen molar-refractivity contribution in [3.63, 3.8) is 0 Å². The molecule has 1 aliphatic heterocycles. The molecule has 6 heteroatoms. The van der Waals surface area contributed by atoms with Crippen LogP contribution in [0.2, 0.25) is 0 Å². The minimum atomic E-state index is -0.104. The van der Waals surface area contributed by atoms with Gasteiger partial charge in [0.2, 0.25) is 5.91 Å². The van der Waals surface area contributed by atoms with Gasteiger partial charge in [0, 0.05) is 41.8 Å². The number of nitrogens with zero attached hydrogens (tertiary/aromatic N) is 4. The Morgan fingerprint density at radius 3 is 2.79 bits per heavy atom. The zero-order valence-electron chi connectivity index (χ0n) is 16.2. The number of nitrogens with one attached hydrogen (secondary N) is 1. The average molecular weight is 383 g/mol. The van der Waals surface area contributed by atoms with Crippen LogP contribution in [-0.2, 0) is 11.3 Å². The van der Waals surface area contributed by atoms with Crippen molar-refractivity contribution in [1.29, 1.82) is 0 Å². The average Bonchev–Trinajstić information content (AvgIpc) is 3.38. The quantitative estimate of drug-likeness (QED) is 0.540. The standard InChI is InChI=1S/C23H21N5O/c1-3-20(29)27-12-13-28-23(15(27)2)21(17-6-9-24-10-7-17)22(26-28)18-5-4-16-8-11-25-19(16)14-18/h3-11,14-15,25H,1,12-13H2,2H3. The number of fused-ring (bicyclic) bond motifs is 2. The van der Waals surface area contributed by atoms with E-state index in [1.54, 1.807) is 12.4 Å². The number of pyridine rings is 1. The smallest absolute Gasteiger partial charge is 0.246 e. The van der Waals surface area contributed by atoms with E-state index in [0.717, 1.165) is 33.6 Å². The molecule has 4 heterocycles. The molecule has 1 aromatic carbocycles. The minimum absolute atomic E-state index is 0.0556. The van der Waals surface area contributed by atoms with Crippen molar-refractivity contribution >= 4 is 16.8 Å². The molecule has 6 nitrogen and oxygen atoms in total. The molecular formula is C23H21N5O. The van der Waals surface area contributed by atoms with E-state index in [0.29, 0.717) is 13.1 Å². The molecule has 5 rings (SSSR count). The summed E-state index contributed by atoms with van der Waals surface area (Å²) in [7, 11) is 0. The van der Waals surface area contributed by atoms with Crippen molar-refractivity contribution in [2.24, 2.45) is 0 Å². The molecule has 0 aliphatic carbocycles. The van der Waals surface area contributed by atoms with Crippen molar-refractivity contribution in [2.75, 3.05) is 6.54 Å². The second kappa shape index (κ2) is 6.74. The van der Waals surface area contributed by atoms with Crippen molar-refractivity contribution in [3.05, 3.63) is 73.3 Å². The van der Waals surface area contributed by atoms with Gasteiger partial charge in [-0.05, 0) is 48.2 Å². The summed E-state index contributed by atoms with van der Waals surface area (Å²) in [6.07, 6.45) is 6.90.